The predicted octanol–water partition coefficient (Wildman–Crippen LogP) is 2.95. The van der Waals surface area contributed by atoms with Crippen LogP contribution in [0, 0.1) is 5.92 Å². The first-order chi connectivity index (χ1) is 15.0. The van der Waals surface area contributed by atoms with E-state index in [0.717, 1.165) is 12.8 Å². The third kappa shape index (κ3) is 4.84. The first kappa shape index (κ1) is 22.0. The second-order valence-corrected chi connectivity index (χ2v) is 10.4. The van der Waals surface area contributed by atoms with Crippen molar-refractivity contribution in [2.45, 2.75) is 36.0 Å². The second-order valence-electron chi connectivity index (χ2n) is 8.47. The van der Waals surface area contributed by atoms with Crippen LogP contribution in [0.25, 0.3) is 0 Å². The zero-order valence-corrected chi connectivity index (χ0v) is 18.5. The minimum atomic E-state index is -3.50. The molecule has 0 spiro atoms. The second kappa shape index (κ2) is 9.51. The molecule has 2 aromatic rings. The van der Waals surface area contributed by atoms with Gasteiger partial charge in [-0.1, -0.05) is 48.5 Å². The van der Waals surface area contributed by atoms with Crippen LogP contribution in [0.4, 0.5) is 0 Å². The van der Waals surface area contributed by atoms with Crippen LogP contribution in [0.1, 0.15) is 31.2 Å². The van der Waals surface area contributed by atoms with E-state index in [1.54, 1.807) is 30.3 Å². The number of nitrogens with one attached hydrogen (secondary N) is 1. The fourth-order valence-electron chi connectivity index (χ4n) is 4.62. The molecule has 2 fully saturated rings. The van der Waals surface area contributed by atoms with E-state index in [9.17, 15) is 13.2 Å². The van der Waals surface area contributed by atoms with Crippen LogP contribution in [-0.2, 0) is 25.0 Å². The fourth-order valence-corrected chi connectivity index (χ4v) is 6.11. The maximum absolute atomic E-state index is 12.9. The summed E-state index contributed by atoms with van der Waals surface area (Å²) in [5.74, 6) is -0.131. The molecule has 6 nitrogen and oxygen atoms in total. The van der Waals surface area contributed by atoms with E-state index in [1.165, 1.54) is 9.87 Å². The molecule has 1 amide bonds. The SMILES string of the molecule is O=C(NCC1(c2ccccc2)CCOCC1)C1CCN(S(=O)(=O)c2ccccc2)CC1. The molecule has 0 aliphatic carbocycles. The van der Waals surface area contributed by atoms with Crippen molar-refractivity contribution in [3.8, 4) is 0 Å². The Morgan fingerprint density at radius 3 is 2.16 bits per heavy atom. The third-order valence-electron chi connectivity index (χ3n) is 6.64. The predicted molar refractivity (Wildman–Crippen MR) is 119 cm³/mol. The smallest absolute Gasteiger partial charge is 0.243 e. The Bertz CT molecular complexity index is 965. The van der Waals surface area contributed by atoms with Crippen LogP contribution >= 0.6 is 0 Å². The number of nitrogens with zero attached hydrogens (tertiary/aromatic N) is 1. The Kier molecular flexibility index (Phi) is 6.74. The molecule has 166 valence electrons. The van der Waals surface area contributed by atoms with Gasteiger partial charge in [-0.05, 0) is 43.4 Å². The number of hydrogen-bond acceptors (Lipinski definition) is 4. The number of benzene rings is 2. The van der Waals surface area contributed by atoms with Crippen LogP contribution in [0.3, 0.4) is 0 Å². The van der Waals surface area contributed by atoms with Gasteiger partial charge in [0.15, 0.2) is 0 Å². The quantitative estimate of drug-likeness (QED) is 0.746. The molecule has 0 radical (unpaired) electrons. The molecule has 0 aromatic heterocycles. The summed E-state index contributed by atoms with van der Waals surface area (Å²) in [6, 6.07) is 18.8. The summed E-state index contributed by atoms with van der Waals surface area (Å²) in [5.41, 5.74) is 1.13. The van der Waals surface area contributed by atoms with Gasteiger partial charge in [0, 0.05) is 44.2 Å². The minimum Gasteiger partial charge on any atom is -0.381 e. The molecule has 0 unspecified atom stereocenters. The van der Waals surface area contributed by atoms with E-state index < -0.39 is 10.0 Å². The lowest BCUT2D eigenvalue weighted by molar-refractivity contribution is -0.126. The summed E-state index contributed by atoms with van der Waals surface area (Å²) >= 11 is 0. The number of piperidine rings is 1. The standard InChI is InChI=1S/C24H30N2O4S/c27-23(25-19-24(13-17-30-18-14-24)21-7-3-1-4-8-21)20-11-15-26(16-12-20)31(28,29)22-9-5-2-6-10-22/h1-10,20H,11-19H2,(H,25,27). The largest absolute Gasteiger partial charge is 0.381 e. The average molecular weight is 443 g/mol. The lowest BCUT2D eigenvalue weighted by Gasteiger charge is -2.38. The van der Waals surface area contributed by atoms with Gasteiger partial charge >= 0.3 is 0 Å². The monoisotopic (exact) mass is 442 g/mol. The van der Waals surface area contributed by atoms with Gasteiger partial charge in [-0.3, -0.25) is 4.79 Å². The molecule has 31 heavy (non-hydrogen) atoms. The van der Waals surface area contributed by atoms with Gasteiger partial charge in [-0.2, -0.15) is 4.31 Å². The molecule has 7 heteroatoms. The summed E-state index contributed by atoms with van der Waals surface area (Å²) in [4.78, 5) is 13.2. The van der Waals surface area contributed by atoms with Gasteiger partial charge in [0.1, 0.15) is 0 Å². The molecule has 2 saturated heterocycles. The lowest BCUT2D eigenvalue weighted by atomic mass is 9.74. The highest BCUT2D eigenvalue weighted by atomic mass is 32.2. The highest BCUT2D eigenvalue weighted by molar-refractivity contribution is 7.89. The molecular formula is C24H30N2O4S. The molecular weight excluding hydrogens is 412 g/mol. The van der Waals surface area contributed by atoms with E-state index in [2.05, 4.69) is 17.4 Å². The Morgan fingerprint density at radius 1 is 0.968 bits per heavy atom. The van der Waals surface area contributed by atoms with Crippen LogP contribution in [0.15, 0.2) is 65.6 Å². The van der Waals surface area contributed by atoms with E-state index in [0.29, 0.717) is 50.6 Å². The number of amides is 1. The molecule has 0 bridgehead atoms. The van der Waals surface area contributed by atoms with Crippen molar-refractivity contribution < 1.29 is 17.9 Å². The van der Waals surface area contributed by atoms with Crippen LogP contribution in [0.2, 0.25) is 0 Å². The minimum absolute atomic E-state index is 0.0264. The fraction of sp³-hybridized carbons (Fsp3) is 0.458. The average Bonchev–Trinajstić information content (AvgIpc) is 2.84. The first-order valence-electron chi connectivity index (χ1n) is 11.0. The molecule has 2 aliphatic heterocycles. The number of sulfonamides is 1. The number of ether oxygens (including phenoxy) is 1. The lowest BCUT2D eigenvalue weighted by Crippen LogP contribution is -2.48. The van der Waals surface area contributed by atoms with E-state index in [4.69, 9.17) is 4.74 Å². The van der Waals surface area contributed by atoms with E-state index >= 15 is 0 Å². The normalized spacial score (nSPS) is 20.3. The van der Waals surface area contributed by atoms with Crippen LogP contribution in [-0.4, -0.2) is 51.5 Å². The number of carbonyl (C=O) groups is 1. The zero-order valence-electron chi connectivity index (χ0n) is 17.7. The Balaban J connectivity index is 1.36. The highest BCUT2D eigenvalue weighted by Crippen LogP contribution is 2.34. The van der Waals surface area contributed by atoms with Crippen molar-refractivity contribution in [1.82, 2.24) is 9.62 Å². The van der Waals surface area contributed by atoms with Crippen molar-refractivity contribution >= 4 is 15.9 Å². The summed E-state index contributed by atoms with van der Waals surface area (Å²) in [6.45, 7) is 2.71. The van der Waals surface area contributed by atoms with Crippen molar-refractivity contribution in [1.29, 1.82) is 0 Å². The topological polar surface area (TPSA) is 75.7 Å². The number of carbonyl (C=O) groups excluding carboxylic acids is 1. The molecule has 2 heterocycles. The summed E-state index contributed by atoms with van der Waals surface area (Å²) in [7, 11) is -3.50. The van der Waals surface area contributed by atoms with Crippen molar-refractivity contribution in [3.05, 3.63) is 66.2 Å². The highest BCUT2D eigenvalue weighted by Gasteiger charge is 2.36. The molecule has 4 rings (SSSR count). The molecule has 0 atom stereocenters. The van der Waals surface area contributed by atoms with Crippen LogP contribution < -0.4 is 5.32 Å². The summed E-state index contributed by atoms with van der Waals surface area (Å²) in [5, 5.41) is 3.18. The van der Waals surface area contributed by atoms with Gasteiger partial charge in [0.05, 0.1) is 4.90 Å². The van der Waals surface area contributed by atoms with Gasteiger partial charge in [-0.15, -0.1) is 0 Å². The number of rotatable bonds is 6. The Hall–Kier alpha value is -2.22. The van der Waals surface area contributed by atoms with Crippen molar-refractivity contribution in [3.63, 3.8) is 0 Å². The van der Waals surface area contributed by atoms with Gasteiger partial charge in [0.25, 0.3) is 0 Å². The van der Waals surface area contributed by atoms with Gasteiger partial charge < -0.3 is 10.1 Å². The Morgan fingerprint density at radius 2 is 1.55 bits per heavy atom. The summed E-state index contributed by atoms with van der Waals surface area (Å²) in [6.07, 6.45) is 2.84. The summed E-state index contributed by atoms with van der Waals surface area (Å²) < 4.78 is 32.7. The Labute approximate surface area is 184 Å². The molecule has 2 aliphatic rings. The maximum Gasteiger partial charge on any atom is 0.243 e. The van der Waals surface area contributed by atoms with Crippen molar-refractivity contribution in [2.24, 2.45) is 5.92 Å². The molecule has 2 aromatic carbocycles. The van der Waals surface area contributed by atoms with E-state index in [1.807, 2.05) is 18.2 Å². The maximum atomic E-state index is 12.9. The first-order valence-corrected chi connectivity index (χ1v) is 12.4. The van der Waals surface area contributed by atoms with Crippen LogP contribution in [0.5, 0.6) is 0 Å². The molecule has 1 N–H and O–H groups in total. The zero-order chi connectivity index (χ0) is 21.7. The number of hydrogen-bond donors (Lipinski definition) is 1. The third-order valence-corrected chi connectivity index (χ3v) is 8.56. The van der Waals surface area contributed by atoms with Gasteiger partial charge in [-0.25, -0.2) is 8.42 Å². The van der Waals surface area contributed by atoms with E-state index in [-0.39, 0.29) is 17.2 Å². The molecule has 0 saturated carbocycles. The van der Waals surface area contributed by atoms with Gasteiger partial charge in [0.2, 0.25) is 15.9 Å². The van der Waals surface area contributed by atoms with Crippen molar-refractivity contribution in [2.75, 3.05) is 32.8 Å².